The van der Waals surface area contributed by atoms with Crippen LogP contribution in [0.15, 0.2) is 0 Å². The van der Waals surface area contributed by atoms with Crippen LogP contribution in [0.1, 0.15) is 0 Å². The van der Waals surface area contributed by atoms with Gasteiger partial charge in [-0.1, -0.05) is 0 Å². The molecule has 0 amide bonds. The van der Waals surface area contributed by atoms with Crippen molar-refractivity contribution in [2.75, 3.05) is 19.4 Å². The molecule has 0 rings (SSSR count). The Labute approximate surface area is 64.3 Å². The van der Waals surface area contributed by atoms with Gasteiger partial charge >= 0.3 is 63.3 Å². The molecule has 0 aliphatic heterocycles. The zero-order valence-electron chi connectivity index (χ0n) is 6.07. The molecule has 2 nitrogen and oxygen atoms in total. The van der Waals surface area contributed by atoms with Gasteiger partial charge < -0.3 is 0 Å². The normalized spacial score (nSPS) is 11.7. The molecule has 0 aromatic carbocycles. The molecule has 0 saturated heterocycles. The van der Waals surface area contributed by atoms with Gasteiger partial charge in [0.2, 0.25) is 0 Å². The first-order valence-corrected chi connectivity index (χ1v) is 4.53. The molecule has 0 fully saturated rings. The van der Waals surface area contributed by atoms with Crippen molar-refractivity contribution in [1.29, 1.82) is 0 Å². The van der Waals surface area contributed by atoms with E-state index in [4.69, 9.17) is 0 Å². The van der Waals surface area contributed by atoms with Crippen molar-refractivity contribution in [2.45, 2.75) is 6.18 Å². The van der Waals surface area contributed by atoms with Crippen molar-refractivity contribution >= 4 is 15.0 Å². The van der Waals surface area contributed by atoms with Gasteiger partial charge in [-0.15, -0.1) is 0 Å². The number of carbonyl (C=O) groups is 1. The molecule has 0 bridgehead atoms. The summed E-state index contributed by atoms with van der Waals surface area (Å²) in [5, 5.41) is 0. The predicted molar refractivity (Wildman–Crippen MR) is 39.2 cm³/mol. The van der Waals surface area contributed by atoms with E-state index in [9.17, 15) is 18.0 Å². The Morgan fingerprint density at radius 1 is 1.45 bits per heavy atom. The summed E-state index contributed by atoms with van der Waals surface area (Å²) >= 11 is 0. The molecule has 0 unspecified atom stereocenters. The minimum absolute atomic E-state index is 0.263. The standard InChI is InChI=1S/C5H10F3O2P/c6-5(7,8)3-10-1-4(9)2-11/h1-3H2,11H4. The topological polar surface area (TPSA) is 26.3 Å². The molecule has 0 atom stereocenters. The van der Waals surface area contributed by atoms with Gasteiger partial charge in [-0.3, -0.25) is 0 Å². The van der Waals surface area contributed by atoms with Crippen LogP contribution in [-0.4, -0.2) is 31.3 Å². The number of hydrogen-bond donors (Lipinski definition) is 0. The van der Waals surface area contributed by atoms with Crippen LogP contribution < -0.4 is 0 Å². The molecule has 0 N–H and O–H groups in total. The number of hydrogen-bond acceptors (Lipinski definition) is 2. The van der Waals surface area contributed by atoms with Gasteiger partial charge in [-0.2, -0.15) is 0 Å². The van der Waals surface area contributed by atoms with Crippen LogP contribution in [0.25, 0.3) is 0 Å². The number of carbonyl (C=O) groups excluding carboxylic acids is 1. The molecule has 0 spiro atoms. The summed E-state index contributed by atoms with van der Waals surface area (Å²) in [7, 11) is 0.668. The summed E-state index contributed by atoms with van der Waals surface area (Å²) in [6, 6.07) is 0. The van der Waals surface area contributed by atoms with Crippen LogP contribution >= 0.6 is 9.24 Å². The molecular weight excluding hydrogens is 180 g/mol. The molecule has 0 radical (unpaired) electrons. The predicted octanol–water partition coefficient (Wildman–Crippen LogP) is 0.474. The maximum absolute atomic E-state index is 11.4. The van der Waals surface area contributed by atoms with Crippen molar-refractivity contribution in [3.05, 3.63) is 0 Å². The van der Waals surface area contributed by atoms with Crippen LogP contribution in [0.3, 0.4) is 0 Å². The van der Waals surface area contributed by atoms with Crippen molar-refractivity contribution < 1.29 is 22.7 Å². The van der Waals surface area contributed by atoms with Crippen molar-refractivity contribution in [2.24, 2.45) is 0 Å². The Morgan fingerprint density at radius 2 is 2.00 bits per heavy atom. The summed E-state index contributed by atoms with van der Waals surface area (Å²) in [4.78, 5) is 10.4. The van der Waals surface area contributed by atoms with E-state index >= 15 is 0 Å². The molecule has 0 aromatic rings. The molecule has 0 aliphatic carbocycles. The fourth-order valence-electron chi connectivity index (χ4n) is 0.383. The number of Topliss-reactive ketones (excluding diaryl/α,β-unsaturated/α-hetero) is 1. The number of halogens is 3. The quantitative estimate of drug-likeness (QED) is 0.602. The Hall–Kier alpha value is -0.150. The second kappa shape index (κ2) is 4.67. The van der Waals surface area contributed by atoms with E-state index in [1.54, 1.807) is 0 Å². The van der Waals surface area contributed by atoms with Gasteiger partial charge in [0.05, 0.1) is 0 Å². The Morgan fingerprint density at radius 3 is 2.36 bits per heavy atom. The SMILES string of the molecule is O=C(C[PH4])COCC(F)(F)F. The summed E-state index contributed by atoms with van der Waals surface area (Å²) < 4.78 is 38.2. The summed E-state index contributed by atoms with van der Waals surface area (Å²) in [6.45, 7) is -1.75. The number of ether oxygens (including phenoxy) is 1. The van der Waals surface area contributed by atoms with E-state index < -0.39 is 19.4 Å². The van der Waals surface area contributed by atoms with Gasteiger partial charge in [-0.25, -0.2) is 0 Å². The van der Waals surface area contributed by atoms with E-state index in [2.05, 4.69) is 4.74 Å². The minimum atomic E-state index is -4.33. The molecule has 68 valence electrons. The average Bonchev–Trinajstić information content (AvgIpc) is 1.85. The summed E-state index contributed by atoms with van der Waals surface area (Å²) in [5.74, 6) is -0.263. The van der Waals surface area contributed by atoms with Crippen LogP contribution in [0.2, 0.25) is 0 Å². The Balaban J connectivity index is 3.35. The molecule has 11 heavy (non-hydrogen) atoms. The van der Waals surface area contributed by atoms with Gasteiger partial charge in [0, 0.05) is 0 Å². The third-order valence-electron chi connectivity index (χ3n) is 0.923. The summed E-state index contributed by atoms with van der Waals surface area (Å²) in [6.07, 6.45) is -3.98. The molecule has 0 aliphatic rings. The van der Waals surface area contributed by atoms with Crippen LogP contribution in [0.4, 0.5) is 13.2 Å². The average molecular weight is 190 g/mol. The Kier molecular flexibility index (Phi) is 4.61. The monoisotopic (exact) mass is 190 g/mol. The third kappa shape index (κ3) is 7.75. The van der Waals surface area contributed by atoms with E-state index in [0.29, 0.717) is 15.4 Å². The van der Waals surface area contributed by atoms with Gasteiger partial charge in [0.25, 0.3) is 0 Å². The first-order valence-electron chi connectivity index (χ1n) is 3.12. The van der Waals surface area contributed by atoms with Gasteiger partial charge in [0.15, 0.2) is 0 Å². The molecular formula is C5H10F3O2P. The molecule has 0 saturated carbocycles. The van der Waals surface area contributed by atoms with E-state index in [0.717, 1.165) is 0 Å². The first-order chi connectivity index (χ1) is 4.95. The zero-order chi connectivity index (χ0) is 8.91. The molecule has 0 aromatic heterocycles. The van der Waals surface area contributed by atoms with E-state index in [-0.39, 0.29) is 5.78 Å². The fraction of sp³-hybridized carbons (Fsp3) is 0.800. The summed E-state index contributed by atoms with van der Waals surface area (Å²) in [5.41, 5.74) is 0. The second-order valence-corrected chi connectivity index (χ2v) is 2.71. The van der Waals surface area contributed by atoms with E-state index in [1.165, 1.54) is 0 Å². The number of ketones is 1. The second-order valence-electron chi connectivity index (χ2n) is 2.00. The van der Waals surface area contributed by atoms with Crippen LogP contribution in [0.5, 0.6) is 0 Å². The van der Waals surface area contributed by atoms with E-state index in [1.807, 2.05) is 0 Å². The number of rotatable bonds is 4. The van der Waals surface area contributed by atoms with Crippen molar-refractivity contribution in [1.82, 2.24) is 0 Å². The fourth-order valence-corrected chi connectivity index (χ4v) is 0.587. The van der Waals surface area contributed by atoms with Crippen molar-refractivity contribution in [3.8, 4) is 0 Å². The number of alkyl halides is 3. The van der Waals surface area contributed by atoms with Crippen molar-refractivity contribution in [3.63, 3.8) is 0 Å². The first kappa shape index (κ1) is 10.8. The van der Waals surface area contributed by atoms with Crippen LogP contribution in [-0.2, 0) is 9.53 Å². The molecule has 0 heterocycles. The maximum atomic E-state index is 11.4. The van der Waals surface area contributed by atoms with Gasteiger partial charge in [-0.05, 0) is 0 Å². The van der Waals surface area contributed by atoms with Crippen LogP contribution in [0, 0.1) is 0 Å². The van der Waals surface area contributed by atoms with Gasteiger partial charge in [0.1, 0.15) is 0 Å². The molecule has 6 heteroatoms. The zero-order valence-corrected chi connectivity index (χ0v) is 8.07. The third-order valence-corrected chi connectivity index (χ3v) is 1.71. The Bertz CT molecular complexity index is 134.